The van der Waals surface area contributed by atoms with E-state index >= 15 is 0 Å². The van der Waals surface area contributed by atoms with E-state index in [0.29, 0.717) is 24.7 Å². The van der Waals surface area contributed by atoms with E-state index in [1.54, 1.807) is 21.0 Å². The first kappa shape index (κ1) is 31.4. The quantitative estimate of drug-likeness (QED) is 0.106. The monoisotopic (exact) mass is 532 g/mol. The molecule has 0 aliphatic heterocycles. The molecule has 4 atom stereocenters. The Labute approximate surface area is 225 Å². The van der Waals surface area contributed by atoms with Gasteiger partial charge in [-0.2, -0.15) is 0 Å². The maximum Gasteiger partial charge on any atom is 0.306 e. The zero-order chi connectivity index (χ0) is 28.2. The van der Waals surface area contributed by atoms with Crippen molar-refractivity contribution < 1.29 is 29.3 Å². The molecule has 1 aliphatic rings. The molecule has 1 aromatic rings. The summed E-state index contributed by atoms with van der Waals surface area (Å²) in [5.74, 6) is -1.61. The van der Waals surface area contributed by atoms with E-state index in [0.717, 1.165) is 25.7 Å². The van der Waals surface area contributed by atoms with E-state index in [2.05, 4.69) is 15.3 Å². The van der Waals surface area contributed by atoms with Crippen LogP contribution in [0, 0.1) is 23.7 Å². The fraction of sp³-hybridized carbons (Fsp3) is 0.714. The molecule has 10 heteroatoms. The van der Waals surface area contributed by atoms with Crippen molar-refractivity contribution in [3.8, 4) is 5.75 Å². The Bertz CT molecular complexity index is 976. The molecule has 1 aliphatic carbocycles. The number of carbonyl (C=O) groups excluding carboxylic acids is 1. The number of nitrogens with zero attached hydrogens (tertiary/aromatic N) is 3. The minimum absolute atomic E-state index is 0.0212. The first-order valence-electron chi connectivity index (χ1n) is 13.6. The topological polar surface area (TPSA) is 154 Å². The van der Waals surface area contributed by atoms with Crippen LogP contribution in [0.5, 0.6) is 5.75 Å². The van der Waals surface area contributed by atoms with Gasteiger partial charge in [-0.05, 0) is 78.6 Å². The van der Waals surface area contributed by atoms with Crippen LogP contribution in [-0.2, 0) is 27.2 Å². The Kier molecular flexibility index (Phi) is 12.9. The summed E-state index contributed by atoms with van der Waals surface area (Å²) in [7, 11) is 1.65. The number of benzene rings is 1. The van der Waals surface area contributed by atoms with Crippen LogP contribution in [0.25, 0.3) is 10.4 Å². The number of hydrogen-bond acceptors (Lipinski definition) is 6. The van der Waals surface area contributed by atoms with Crippen LogP contribution in [0.4, 0.5) is 5.69 Å². The predicted octanol–water partition coefficient (Wildman–Crippen LogP) is 5.37. The van der Waals surface area contributed by atoms with Crippen LogP contribution in [0.3, 0.4) is 0 Å². The maximum absolute atomic E-state index is 13.2. The fourth-order valence-corrected chi connectivity index (χ4v) is 4.97. The predicted molar refractivity (Wildman–Crippen MR) is 146 cm³/mol. The first-order chi connectivity index (χ1) is 18.1. The number of aryl methyl sites for hydroxylation is 2. The van der Waals surface area contributed by atoms with E-state index in [-0.39, 0.29) is 42.9 Å². The van der Waals surface area contributed by atoms with Crippen molar-refractivity contribution in [2.24, 2.45) is 28.8 Å². The summed E-state index contributed by atoms with van der Waals surface area (Å²) in [6.07, 6.45) is 3.06. The van der Waals surface area contributed by atoms with Crippen LogP contribution in [0.1, 0.15) is 70.9 Å². The molecule has 10 nitrogen and oxygen atoms in total. The van der Waals surface area contributed by atoms with Crippen molar-refractivity contribution in [2.75, 3.05) is 25.6 Å². The molecule has 38 heavy (non-hydrogen) atoms. The Morgan fingerprint density at radius 2 is 1.79 bits per heavy atom. The molecule has 1 amide bonds. The molecule has 0 heterocycles. The summed E-state index contributed by atoms with van der Waals surface area (Å²) in [6, 6.07) is 3.19. The Morgan fingerprint density at radius 1 is 1.11 bits per heavy atom. The molecule has 2 rings (SSSR count). The average molecular weight is 533 g/mol. The third kappa shape index (κ3) is 9.49. The molecule has 0 unspecified atom stereocenters. The number of carboxylic acids is 1. The lowest BCUT2D eigenvalue weighted by Crippen LogP contribution is -2.34. The molecule has 3 N–H and O–H groups in total. The summed E-state index contributed by atoms with van der Waals surface area (Å²) in [5, 5.41) is 27.1. The molecule has 0 fully saturated rings. The van der Waals surface area contributed by atoms with E-state index in [4.69, 9.17) is 15.0 Å². The van der Waals surface area contributed by atoms with Crippen LogP contribution < -0.4 is 10.1 Å². The van der Waals surface area contributed by atoms with Gasteiger partial charge in [0.2, 0.25) is 5.91 Å². The van der Waals surface area contributed by atoms with Crippen LogP contribution in [0.2, 0.25) is 0 Å². The number of hydrogen-bond donors (Lipinski definition) is 3. The molecule has 0 aromatic heterocycles. The van der Waals surface area contributed by atoms with Crippen molar-refractivity contribution in [2.45, 2.75) is 84.8 Å². The molecule has 0 bridgehead atoms. The lowest BCUT2D eigenvalue weighted by molar-refractivity contribution is -0.144. The Balaban J connectivity index is 2.13. The highest BCUT2D eigenvalue weighted by Crippen LogP contribution is 2.34. The number of aliphatic hydroxyl groups is 1. The number of aliphatic carboxylic acids is 1. The molecule has 212 valence electrons. The minimum Gasteiger partial charge on any atom is -0.491 e. The Morgan fingerprint density at radius 3 is 2.37 bits per heavy atom. The van der Waals surface area contributed by atoms with Crippen LogP contribution >= 0.6 is 0 Å². The van der Waals surface area contributed by atoms with Gasteiger partial charge in [-0.25, -0.2) is 0 Å². The number of carboxylic acid groups (broad SMARTS) is 1. The van der Waals surface area contributed by atoms with Gasteiger partial charge in [-0.15, -0.1) is 0 Å². The first-order valence-corrected chi connectivity index (χ1v) is 13.6. The molecule has 0 spiro atoms. The number of azide groups is 1. The molecule has 0 radical (unpaired) electrons. The van der Waals surface area contributed by atoms with Gasteiger partial charge in [0.25, 0.3) is 0 Å². The number of carbonyl (C=O) groups is 2. The summed E-state index contributed by atoms with van der Waals surface area (Å²) in [5.41, 5.74) is 12.2. The smallest absolute Gasteiger partial charge is 0.306 e. The molecular formula is C28H44N4O6. The third-order valence-corrected chi connectivity index (χ3v) is 7.41. The van der Waals surface area contributed by atoms with E-state index in [1.165, 1.54) is 11.1 Å². The van der Waals surface area contributed by atoms with Crippen LogP contribution in [0.15, 0.2) is 17.2 Å². The van der Waals surface area contributed by atoms with Gasteiger partial charge in [-0.3, -0.25) is 9.59 Å². The lowest BCUT2D eigenvalue weighted by Gasteiger charge is -2.28. The number of fused-ring (bicyclic) bond motifs is 1. The standard InChI is InChI=1S/C28H44N4O6/c1-17(2)21(13-23(31-32-29)25(33)16-22(18(3)4)28(35)36)15-27(34)30-24-12-19-8-6-9-20(19)14-26(24)38-11-7-10-37-5/h12,14,17-18,21-23,25,33H,6-11,13,15-16H2,1-5H3,(H,30,34)(H,35,36)/t21-,22+,23+,25+/m1/s1. The number of ether oxygens (including phenoxy) is 2. The van der Waals surface area contributed by atoms with Gasteiger partial charge < -0.3 is 25.0 Å². The summed E-state index contributed by atoms with van der Waals surface area (Å²) in [4.78, 5) is 27.7. The molecule has 0 saturated heterocycles. The zero-order valence-electron chi connectivity index (χ0n) is 23.4. The number of anilines is 1. The van der Waals surface area contributed by atoms with Crippen molar-refractivity contribution in [3.05, 3.63) is 33.7 Å². The van der Waals surface area contributed by atoms with Gasteiger partial charge in [0, 0.05) is 31.5 Å². The fourth-order valence-electron chi connectivity index (χ4n) is 4.97. The number of rotatable bonds is 17. The van der Waals surface area contributed by atoms with Gasteiger partial charge in [0.1, 0.15) is 5.75 Å². The third-order valence-electron chi connectivity index (χ3n) is 7.41. The van der Waals surface area contributed by atoms with Crippen molar-refractivity contribution >= 4 is 17.6 Å². The summed E-state index contributed by atoms with van der Waals surface area (Å²) in [6.45, 7) is 8.58. The maximum atomic E-state index is 13.2. The average Bonchev–Trinajstić information content (AvgIpc) is 3.30. The second-order valence-electron chi connectivity index (χ2n) is 10.9. The molecule has 0 saturated carbocycles. The largest absolute Gasteiger partial charge is 0.491 e. The summed E-state index contributed by atoms with van der Waals surface area (Å²) >= 11 is 0. The van der Waals surface area contributed by atoms with Gasteiger partial charge in [0.15, 0.2) is 0 Å². The van der Waals surface area contributed by atoms with Crippen LogP contribution in [-0.4, -0.2) is 54.6 Å². The summed E-state index contributed by atoms with van der Waals surface area (Å²) < 4.78 is 11.1. The zero-order valence-corrected chi connectivity index (χ0v) is 23.4. The van der Waals surface area contributed by atoms with E-state index in [1.807, 2.05) is 26.0 Å². The second-order valence-corrected chi connectivity index (χ2v) is 10.9. The molecule has 1 aromatic carbocycles. The number of nitrogens with one attached hydrogen (secondary N) is 1. The minimum atomic E-state index is -1.12. The van der Waals surface area contributed by atoms with E-state index < -0.39 is 24.0 Å². The van der Waals surface area contributed by atoms with Crippen molar-refractivity contribution in [1.82, 2.24) is 0 Å². The number of aliphatic hydroxyl groups excluding tert-OH is 1. The highest BCUT2D eigenvalue weighted by Gasteiger charge is 2.31. The molecular weight excluding hydrogens is 488 g/mol. The Hall–Kier alpha value is -2.81. The highest BCUT2D eigenvalue weighted by molar-refractivity contribution is 5.92. The number of methoxy groups -OCH3 is 1. The van der Waals surface area contributed by atoms with E-state index in [9.17, 15) is 19.8 Å². The van der Waals surface area contributed by atoms with Crippen molar-refractivity contribution in [3.63, 3.8) is 0 Å². The van der Waals surface area contributed by atoms with Gasteiger partial charge >= 0.3 is 5.97 Å². The lowest BCUT2D eigenvalue weighted by atomic mass is 9.82. The van der Waals surface area contributed by atoms with Crippen molar-refractivity contribution in [1.29, 1.82) is 0 Å². The second kappa shape index (κ2) is 15.6. The van der Waals surface area contributed by atoms with Gasteiger partial charge in [-0.1, -0.05) is 32.8 Å². The number of amides is 1. The SMILES string of the molecule is COCCCOc1cc2c(cc1NC(=O)C[C@@H](C[C@H](N=[N+]=[N-])[C@@H](O)C[C@H](C(=O)O)C(C)C)C(C)C)CCC2. The normalized spacial score (nSPS) is 15.9. The highest BCUT2D eigenvalue weighted by atomic mass is 16.5. The van der Waals surface area contributed by atoms with Gasteiger partial charge in [0.05, 0.1) is 30.4 Å².